The van der Waals surface area contributed by atoms with Crippen LogP contribution in [0.5, 0.6) is 5.88 Å². The fraction of sp³-hybridized carbons (Fsp3) is 0.375. The van der Waals surface area contributed by atoms with E-state index in [4.69, 9.17) is 4.74 Å². The summed E-state index contributed by atoms with van der Waals surface area (Å²) in [5.74, 6) is 0.685. The number of nitrogens with zero attached hydrogens (tertiary/aromatic N) is 1. The average Bonchev–Trinajstić information content (AvgIpc) is 2.04. The highest BCUT2D eigenvalue weighted by Crippen LogP contribution is 2.12. The van der Waals surface area contributed by atoms with Crippen LogP contribution in [0.1, 0.15) is 12.5 Å². The average molecular weight is 136 g/mol. The Morgan fingerprint density at radius 2 is 2.50 bits per heavy atom. The van der Waals surface area contributed by atoms with Gasteiger partial charge in [0.1, 0.15) is 0 Å². The van der Waals surface area contributed by atoms with Gasteiger partial charge in [0, 0.05) is 5.56 Å². The maximum absolute atomic E-state index is 4.99. The summed E-state index contributed by atoms with van der Waals surface area (Å²) in [7, 11) is 1.62. The molecular formula is C8H10NO. The minimum Gasteiger partial charge on any atom is -0.481 e. The van der Waals surface area contributed by atoms with Crippen molar-refractivity contribution in [3.05, 3.63) is 23.9 Å². The molecule has 1 heterocycles. The highest BCUT2D eigenvalue weighted by atomic mass is 16.5. The maximum atomic E-state index is 4.99. The highest BCUT2D eigenvalue weighted by molar-refractivity contribution is 5.24. The SMILES string of the molecule is CCc1cc[c]nc1OC. The van der Waals surface area contributed by atoms with Gasteiger partial charge in [-0.3, -0.25) is 0 Å². The first-order chi connectivity index (χ1) is 4.88. The molecule has 0 aliphatic rings. The van der Waals surface area contributed by atoms with Crippen molar-refractivity contribution in [1.82, 2.24) is 4.98 Å². The van der Waals surface area contributed by atoms with Crippen molar-refractivity contribution < 1.29 is 4.74 Å². The normalized spacial score (nSPS) is 9.40. The first-order valence-electron chi connectivity index (χ1n) is 3.28. The van der Waals surface area contributed by atoms with E-state index >= 15 is 0 Å². The van der Waals surface area contributed by atoms with E-state index in [1.165, 1.54) is 0 Å². The quantitative estimate of drug-likeness (QED) is 0.614. The standard InChI is InChI=1S/C8H10NO/c1-3-7-5-4-6-9-8(7)10-2/h4-5H,3H2,1-2H3. The topological polar surface area (TPSA) is 22.1 Å². The molecule has 0 aliphatic heterocycles. The van der Waals surface area contributed by atoms with Gasteiger partial charge in [0.2, 0.25) is 5.88 Å². The molecule has 0 saturated carbocycles. The van der Waals surface area contributed by atoms with E-state index in [0.717, 1.165) is 12.0 Å². The molecule has 0 unspecified atom stereocenters. The number of aromatic nitrogens is 1. The molecule has 53 valence electrons. The zero-order chi connectivity index (χ0) is 7.40. The van der Waals surface area contributed by atoms with Crippen LogP contribution in [-0.4, -0.2) is 12.1 Å². The molecule has 2 nitrogen and oxygen atoms in total. The van der Waals surface area contributed by atoms with Gasteiger partial charge in [0.05, 0.1) is 13.3 Å². The molecule has 1 aromatic rings. The van der Waals surface area contributed by atoms with Crippen molar-refractivity contribution in [3.8, 4) is 5.88 Å². The van der Waals surface area contributed by atoms with Crippen LogP contribution in [-0.2, 0) is 6.42 Å². The molecule has 0 bridgehead atoms. The van der Waals surface area contributed by atoms with Crippen LogP contribution < -0.4 is 4.74 Å². The fourth-order valence-electron chi connectivity index (χ4n) is 0.823. The lowest BCUT2D eigenvalue weighted by atomic mass is 10.2. The molecule has 0 atom stereocenters. The number of hydrogen-bond donors (Lipinski definition) is 0. The molecule has 1 rings (SSSR count). The van der Waals surface area contributed by atoms with Crippen molar-refractivity contribution >= 4 is 0 Å². The van der Waals surface area contributed by atoms with E-state index in [-0.39, 0.29) is 0 Å². The Morgan fingerprint density at radius 1 is 1.70 bits per heavy atom. The minimum atomic E-state index is 0.685. The molecular weight excluding hydrogens is 126 g/mol. The lowest BCUT2D eigenvalue weighted by molar-refractivity contribution is 0.392. The summed E-state index contributed by atoms with van der Waals surface area (Å²) in [5, 5.41) is 0. The molecule has 0 saturated heterocycles. The predicted octanol–water partition coefficient (Wildman–Crippen LogP) is 1.45. The van der Waals surface area contributed by atoms with Gasteiger partial charge in [-0.05, 0) is 12.5 Å². The second-order valence-corrected chi connectivity index (χ2v) is 1.96. The molecule has 0 N–H and O–H groups in total. The van der Waals surface area contributed by atoms with Gasteiger partial charge in [-0.25, -0.2) is 4.98 Å². The summed E-state index contributed by atoms with van der Waals surface area (Å²) < 4.78 is 4.99. The number of aryl methyl sites for hydroxylation is 1. The number of pyridine rings is 1. The highest BCUT2D eigenvalue weighted by Gasteiger charge is 1.97. The number of methoxy groups -OCH3 is 1. The molecule has 10 heavy (non-hydrogen) atoms. The molecule has 2 heteroatoms. The van der Waals surface area contributed by atoms with E-state index in [2.05, 4.69) is 18.1 Å². The van der Waals surface area contributed by atoms with Crippen LogP contribution in [0.15, 0.2) is 12.1 Å². The van der Waals surface area contributed by atoms with E-state index in [1.807, 2.05) is 6.07 Å². The number of rotatable bonds is 2. The van der Waals surface area contributed by atoms with E-state index in [9.17, 15) is 0 Å². The predicted molar refractivity (Wildman–Crippen MR) is 39.0 cm³/mol. The van der Waals surface area contributed by atoms with Crippen molar-refractivity contribution in [1.29, 1.82) is 0 Å². The molecule has 1 radical (unpaired) electrons. The van der Waals surface area contributed by atoms with E-state index in [0.29, 0.717) is 5.88 Å². The van der Waals surface area contributed by atoms with Gasteiger partial charge >= 0.3 is 0 Å². The second kappa shape index (κ2) is 3.20. The first-order valence-corrected chi connectivity index (χ1v) is 3.28. The Bertz CT molecular complexity index is 187. The number of hydrogen-bond acceptors (Lipinski definition) is 2. The first kappa shape index (κ1) is 7.06. The molecule has 0 aliphatic carbocycles. The van der Waals surface area contributed by atoms with Crippen molar-refractivity contribution in [2.45, 2.75) is 13.3 Å². The zero-order valence-electron chi connectivity index (χ0n) is 6.22. The van der Waals surface area contributed by atoms with Gasteiger partial charge < -0.3 is 4.74 Å². The summed E-state index contributed by atoms with van der Waals surface area (Å²) in [4.78, 5) is 3.92. The van der Waals surface area contributed by atoms with Crippen LogP contribution in [0.2, 0.25) is 0 Å². The summed E-state index contributed by atoms with van der Waals surface area (Å²) in [6.45, 7) is 2.07. The van der Waals surface area contributed by atoms with E-state index in [1.54, 1.807) is 13.2 Å². The zero-order valence-corrected chi connectivity index (χ0v) is 6.22. The fourth-order valence-corrected chi connectivity index (χ4v) is 0.823. The van der Waals surface area contributed by atoms with Crippen molar-refractivity contribution in [2.24, 2.45) is 0 Å². The summed E-state index contributed by atoms with van der Waals surface area (Å²) in [5.41, 5.74) is 1.13. The van der Waals surface area contributed by atoms with Crippen molar-refractivity contribution in [2.75, 3.05) is 7.11 Å². The van der Waals surface area contributed by atoms with Crippen LogP contribution in [0, 0.1) is 6.20 Å². The number of ether oxygens (including phenoxy) is 1. The maximum Gasteiger partial charge on any atom is 0.216 e. The smallest absolute Gasteiger partial charge is 0.216 e. The van der Waals surface area contributed by atoms with Gasteiger partial charge in [-0.15, -0.1) is 0 Å². The lowest BCUT2D eigenvalue weighted by Gasteiger charge is -2.01. The Kier molecular flexibility index (Phi) is 2.26. The van der Waals surface area contributed by atoms with Crippen LogP contribution in [0.4, 0.5) is 0 Å². The Hall–Kier alpha value is -1.05. The van der Waals surface area contributed by atoms with Gasteiger partial charge in [-0.1, -0.05) is 13.0 Å². The third-order valence-electron chi connectivity index (χ3n) is 1.37. The minimum absolute atomic E-state index is 0.685. The van der Waals surface area contributed by atoms with Crippen LogP contribution >= 0.6 is 0 Å². The third kappa shape index (κ3) is 1.26. The molecule has 0 fully saturated rings. The lowest BCUT2D eigenvalue weighted by Crippen LogP contribution is -1.92. The van der Waals surface area contributed by atoms with Crippen LogP contribution in [0.3, 0.4) is 0 Å². The van der Waals surface area contributed by atoms with Gasteiger partial charge in [0.15, 0.2) is 0 Å². The largest absolute Gasteiger partial charge is 0.481 e. The molecule has 1 aromatic heterocycles. The van der Waals surface area contributed by atoms with Crippen molar-refractivity contribution in [3.63, 3.8) is 0 Å². The summed E-state index contributed by atoms with van der Waals surface area (Å²) in [6, 6.07) is 3.76. The Morgan fingerprint density at radius 3 is 3.00 bits per heavy atom. The second-order valence-electron chi connectivity index (χ2n) is 1.96. The van der Waals surface area contributed by atoms with Gasteiger partial charge in [0.25, 0.3) is 0 Å². The Labute approximate surface area is 60.9 Å². The van der Waals surface area contributed by atoms with E-state index < -0.39 is 0 Å². The summed E-state index contributed by atoms with van der Waals surface area (Å²) in [6.07, 6.45) is 3.66. The molecule has 0 spiro atoms. The summed E-state index contributed by atoms with van der Waals surface area (Å²) >= 11 is 0. The molecule has 0 aromatic carbocycles. The monoisotopic (exact) mass is 136 g/mol. The molecule has 0 amide bonds. The van der Waals surface area contributed by atoms with Gasteiger partial charge in [-0.2, -0.15) is 0 Å². The van der Waals surface area contributed by atoms with Crippen LogP contribution in [0.25, 0.3) is 0 Å². The third-order valence-corrected chi connectivity index (χ3v) is 1.37. The Balaban J connectivity index is 2.96.